The fourth-order valence-corrected chi connectivity index (χ4v) is 4.39. The highest BCUT2D eigenvalue weighted by Crippen LogP contribution is 2.23. The largest absolute Gasteiger partial charge is 0.490 e. The van der Waals surface area contributed by atoms with E-state index in [2.05, 4.69) is 16.0 Å². The Bertz CT molecular complexity index is 857. The first-order chi connectivity index (χ1) is 12.9. The van der Waals surface area contributed by atoms with Crippen LogP contribution < -0.4 is 0 Å². The first kappa shape index (κ1) is 19.6. The monoisotopic (exact) mass is 389 g/mol. The molecule has 0 aromatic carbocycles. The lowest BCUT2D eigenvalue weighted by atomic mass is 9.98. The summed E-state index contributed by atoms with van der Waals surface area (Å²) in [7, 11) is -3.44. The SMILES string of the molecule is C=C/C(=C\C=C(/C)C1=NC(C)=CN2CCS(=O)(=O)N=C12)OC1CCCCC1. The molecule has 7 heteroatoms. The van der Waals surface area contributed by atoms with Crippen LogP contribution in [0.15, 0.2) is 57.4 Å². The average Bonchev–Trinajstić information content (AvgIpc) is 2.65. The minimum atomic E-state index is -3.44. The summed E-state index contributed by atoms with van der Waals surface area (Å²) >= 11 is 0. The third-order valence-corrected chi connectivity index (χ3v) is 6.01. The number of nitrogens with zero attached hydrogens (tertiary/aromatic N) is 3. The summed E-state index contributed by atoms with van der Waals surface area (Å²) in [6.45, 7) is 8.03. The molecule has 0 saturated heterocycles. The molecule has 1 aliphatic carbocycles. The Morgan fingerprint density at radius 2 is 2.04 bits per heavy atom. The maximum atomic E-state index is 11.9. The van der Waals surface area contributed by atoms with Crippen LogP contribution in [-0.4, -0.2) is 43.3 Å². The standard InChI is InChI=1S/C20H27N3O3S/c1-4-17(26-18-8-6-5-7-9-18)11-10-15(2)19-20-22-27(24,25)13-12-23(20)14-16(3)21-19/h4,10-11,14,18H,1,5-9,12-13H2,2-3H3/b15-10+,17-11+. The van der Waals surface area contributed by atoms with Crippen LogP contribution in [0, 0.1) is 0 Å². The highest BCUT2D eigenvalue weighted by atomic mass is 32.2. The molecule has 0 aromatic heterocycles. The van der Waals surface area contributed by atoms with Crippen molar-refractivity contribution in [2.75, 3.05) is 12.3 Å². The number of ether oxygens (including phenoxy) is 1. The second kappa shape index (κ2) is 8.25. The number of hydrogen-bond donors (Lipinski definition) is 0. The van der Waals surface area contributed by atoms with Crippen molar-refractivity contribution in [1.29, 1.82) is 0 Å². The first-order valence-electron chi connectivity index (χ1n) is 9.43. The van der Waals surface area contributed by atoms with Crippen LogP contribution in [0.5, 0.6) is 0 Å². The molecule has 2 heterocycles. The summed E-state index contributed by atoms with van der Waals surface area (Å²) in [5.74, 6) is 1.13. The molecule has 3 rings (SSSR count). The molecular weight excluding hydrogens is 362 g/mol. The van der Waals surface area contributed by atoms with E-state index in [-0.39, 0.29) is 11.9 Å². The molecule has 0 amide bonds. The number of hydrogen-bond acceptors (Lipinski definition) is 5. The third kappa shape index (κ3) is 4.97. The quantitative estimate of drug-likeness (QED) is 0.531. The van der Waals surface area contributed by atoms with E-state index < -0.39 is 10.0 Å². The number of sulfonamides is 1. The van der Waals surface area contributed by atoms with Crippen LogP contribution >= 0.6 is 0 Å². The van der Waals surface area contributed by atoms with Crippen LogP contribution in [0.2, 0.25) is 0 Å². The van der Waals surface area contributed by atoms with Gasteiger partial charge in [0.25, 0.3) is 10.0 Å². The molecule has 3 aliphatic rings. The molecule has 0 radical (unpaired) electrons. The van der Waals surface area contributed by atoms with Gasteiger partial charge >= 0.3 is 0 Å². The van der Waals surface area contributed by atoms with E-state index in [0.717, 1.165) is 29.9 Å². The van der Waals surface area contributed by atoms with Crippen molar-refractivity contribution < 1.29 is 13.2 Å². The Kier molecular flexibility index (Phi) is 5.99. The molecule has 0 unspecified atom stereocenters. The molecule has 1 saturated carbocycles. The van der Waals surface area contributed by atoms with Gasteiger partial charge in [0.15, 0.2) is 5.84 Å². The molecule has 27 heavy (non-hydrogen) atoms. The summed E-state index contributed by atoms with van der Waals surface area (Å²) in [6, 6.07) is 0. The third-order valence-electron chi connectivity index (χ3n) is 4.86. The zero-order chi connectivity index (χ0) is 19.4. The van der Waals surface area contributed by atoms with E-state index >= 15 is 0 Å². The van der Waals surface area contributed by atoms with E-state index in [9.17, 15) is 8.42 Å². The zero-order valence-electron chi connectivity index (χ0n) is 16.0. The molecule has 0 atom stereocenters. The van der Waals surface area contributed by atoms with Crippen LogP contribution in [0.4, 0.5) is 0 Å². The van der Waals surface area contributed by atoms with E-state index in [4.69, 9.17) is 4.74 Å². The van der Waals surface area contributed by atoms with Crippen molar-refractivity contribution in [3.05, 3.63) is 48.0 Å². The van der Waals surface area contributed by atoms with Gasteiger partial charge in [-0.2, -0.15) is 0 Å². The van der Waals surface area contributed by atoms with Gasteiger partial charge in [0.05, 0.1) is 17.6 Å². The Labute approximate surface area is 161 Å². The van der Waals surface area contributed by atoms with Crippen molar-refractivity contribution in [3.8, 4) is 0 Å². The minimum absolute atomic E-state index is 0.0199. The number of allylic oxidation sites excluding steroid dienone is 4. The van der Waals surface area contributed by atoms with Crippen LogP contribution in [-0.2, 0) is 14.8 Å². The van der Waals surface area contributed by atoms with E-state index in [0.29, 0.717) is 18.1 Å². The van der Waals surface area contributed by atoms with E-state index in [1.165, 1.54) is 19.3 Å². The van der Waals surface area contributed by atoms with E-state index in [1.807, 2.05) is 37.1 Å². The molecule has 6 nitrogen and oxygen atoms in total. The predicted molar refractivity (Wildman–Crippen MR) is 109 cm³/mol. The van der Waals surface area contributed by atoms with Gasteiger partial charge in [-0.1, -0.05) is 19.1 Å². The molecule has 0 aromatic rings. The smallest absolute Gasteiger partial charge is 0.256 e. The molecule has 0 bridgehead atoms. The Morgan fingerprint density at radius 1 is 1.30 bits per heavy atom. The van der Waals surface area contributed by atoms with Gasteiger partial charge in [-0.25, -0.2) is 13.4 Å². The number of aliphatic imine (C=N–C) groups is 1. The van der Waals surface area contributed by atoms with Gasteiger partial charge in [-0.05, 0) is 57.3 Å². The fraction of sp³-hybridized carbons (Fsp3) is 0.500. The second-order valence-corrected chi connectivity index (χ2v) is 8.88. The van der Waals surface area contributed by atoms with Crippen LogP contribution in [0.1, 0.15) is 46.0 Å². The van der Waals surface area contributed by atoms with Gasteiger partial charge in [0.2, 0.25) is 0 Å². The summed E-state index contributed by atoms with van der Waals surface area (Å²) in [5.41, 5.74) is 2.23. The number of rotatable bonds is 5. The topological polar surface area (TPSA) is 71.3 Å². The van der Waals surface area contributed by atoms with Gasteiger partial charge in [0.1, 0.15) is 11.5 Å². The summed E-state index contributed by atoms with van der Waals surface area (Å²) in [6.07, 6.45) is 13.4. The Hall–Kier alpha value is -2.15. The lowest BCUT2D eigenvalue weighted by Crippen LogP contribution is -2.42. The molecule has 1 fully saturated rings. The highest BCUT2D eigenvalue weighted by Gasteiger charge is 2.29. The van der Waals surface area contributed by atoms with Crippen molar-refractivity contribution >= 4 is 21.6 Å². The maximum Gasteiger partial charge on any atom is 0.256 e. The number of fused-ring (bicyclic) bond motifs is 1. The summed E-state index contributed by atoms with van der Waals surface area (Å²) < 4.78 is 33.9. The average molecular weight is 390 g/mol. The van der Waals surface area contributed by atoms with Crippen molar-refractivity contribution in [3.63, 3.8) is 0 Å². The number of amidine groups is 1. The molecule has 146 valence electrons. The Balaban J connectivity index is 1.83. The molecule has 0 N–H and O–H groups in total. The normalized spacial score (nSPS) is 23.8. The lowest BCUT2D eigenvalue weighted by molar-refractivity contribution is 0.0902. The zero-order valence-corrected chi connectivity index (χ0v) is 16.8. The van der Waals surface area contributed by atoms with Crippen LogP contribution in [0.25, 0.3) is 0 Å². The summed E-state index contributed by atoms with van der Waals surface area (Å²) in [5, 5.41) is 0. The molecular formula is C20H27N3O3S. The van der Waals surface area contributed by atoms with Gasteiger partial charge in [-0.15, -0.1) is 4.40 Å². The predicted octanol–water partition coefficient (Wildman–Crippen LogP) is 3.71. The summed E-state index contributed by atoms with van der Waals surface area (Å²) in [4.78, 5) is 6.38. The molecule has 0 spiro atoms. The second-order valence-electron chi connectivity index (χ2n) is 7.13. The van der Waals surface area contributed by atoms with Gasteiger partial charge in [0, 0.05) is 12.7 Å². The van der Waals surface area contributed by atoms with Gasteiger partial charge in [-0.3, -0.25) is 0 Å². The van der Waals surface area contributed by atoms with Crippen LogP contribution in [0.3, 0.4) is 0 Å². The highest BCUT2D eigenvalue weighted by molar-refractivity contribution is 7.90. The van der Waals surface area contributed by atoms with E-state index in [1.54, 1.807) is 6.08 Å². The van der Waals surface area contributed by atoms with Crippen molar-refractivity contribution in [1.82, 2.24) is 4.90 Å². The van der Waals surface area contributed by atoms with Gasteiger partial charge < -0.3 is 9.64 Å². The lowest BCUT2D eigenvalue weighted by Gasteiger charge is -2.29. The van der Waals surface area contributed by atoms with Crippen molar-refractivity contribution in [2.24, 2.45) is 9.39 Å². The maximum absolute atomic E-state index is 11.9. The minimum Gasteiger partial charge on any atom is -0.490 e. The molecule has 2 aliphatic heterocycles. The Morgan fingerprint density at radius 3 is 2.74 bits per heavy atom. The first-order valence-corrected chi connectivity index (χ1v) is 11.0. The fourth-order valence-electron chi connectivity index (χ4n) is 3.42. The van der Waals surface area contributed by atoms with Crippen molar-refractivity contribution in [2.45, 2.75) is 52.1 Å².